The Balaban J connectivity index is 2.62. The molecular weight excluding hydrogens is 232 g/mol. The van der Waals surface area contributed by atoms with Gasteiger partial charge in [0.25, 0.3) is 0 Å². The number of esters is 2. The predicted molar refractivity (Wildman–Crippen MR) is 53.9 cm³/mol. The van der Waals surface area contributed by atoms with Crippen LogP contribution in [0.25, 0.3) is 0 Å². The molecule has 2 rings (SSSR count). The Labute approximate surface area is 91.9 Å². The van der Waals surface area contributed by atoms with Crippen LogP contribution in [0.1, 0.15) is 27.6 Å². The molecule has 1 heterocycles. The number of carbonyl (C=O) groups excluding carboxylic acids is 2. The Bertz CT molecular complexity index is 585. The second kappa shape index (κ2) is 3.41. The molecule has 1 aromatic rings. The van der Waals surface area contributed by atoms with Gasteiger partial charge in [0.1, 0.15) is 0 Å². The van der Waals surface area contributed by atoms with Gasteiger partial charge in [-0.1, -0.05) is 6.92 Å². The van der Waals surface area contributed by atoms with Crippen LogP contribution in [0.2, 0.25) is 0 Å². The molecule has 0 aliphatic carbocycles. The van der Waals surface area contributed by atoms with Gasteiger partial charge in [-0.25, -0.2) is 18.0 Å². The molecule has 0 aromatic heterocycles. The average Bonchev–Trinajstić information content (AvgIpc) is 2.54. The minimum Gasteiger partial charge on any atom is -0.386 e. The smallest absolute Gasteiger partial charge is 0.346 e. The average molecular weight is 240 g/mol. The van der Waals surface area contributed by atoms with E-state index in [1.165, 1.54) is 25.1 Å². The summed E-state index contributed by atoms with van der Waals surface area (Å²) in [5.74, 6) is -1.59. The maximum absolute atomic E-state index is 11.6. The standard InChI is InChI=1S/C10H8O5S/c1-2-16(13,14)6-3-4-7-8(5-6)10(12)15-9(7)11/h3-5H,2H2,1H3. The SMILES string of the molecule is CCS(=O)(=O)c1ccc2c(c1)C(=O)OC2=O. The van der Waals surface area contributed by atoms with Crippen molar-refractivity contribution in [3.8, 4) is 0 Å². The first-order valence-electron chi connectivity index (χ1n) is 4.59. The fourth-order valence-electron chi connectivity index (χ4n) is 1.42. The van der Waals surface area contributed by atoms with Crippen LogP contribution in [0.15, 0.2) is 23.1 Å². The van der Waals surface area contributed by atoms with E-state index >= 15 is 0 Å². The van der Waals surface area contributed by atoms with E-state index in [-0.39, 0.29) is 21.8 Å². The molecule has 1 aromatic carbocycles. The lowest BCUT2D eigenvalue weighted by atomic mass is 10.1. The summed E-state index contributed by atoms with van der Waals surface area (Å²) in [6.07, 6.45) is 0. The highest BCUT2D eigenvalue weighted by molar-refractivity contribution is 7.91. The fourth-order valence-corrected chi connectivity index (χ4v) is 2.33. The molecule has 0 radical (unpaired) electrons. The molecule has 0 unspecified atom stereocenters. The molecule has 0 atom stereocenters. The Kier molecular flexibility index (Phi) is 2.31. The highest BCUT2D eigenvalue weighted by atomic mass is 32.2. The van der Waals surface area contributed by atoms with E-state index in [4.69, 9.17) is 0 Å². The van der Waals surface area contributed by atoms with Crippen LogP contribution in [-0.4, -0.2) is 26.1 Å². The first kappa shape index (κ1) is 10.8. The molecular formula is C10H8O5S. The zero-order valence-corrected chi connectivity index (χ0v) is 9.21. The monoisotopic (exact) mass is 240 g/mol. The van der Waals surface area contributed by atoms with Gasteiger partial charge < -0.3 is 4.74 Å². The summed E-state index contributed by atoms with van der Waals surface area (Å²) in [5.41, 5.74) is 0.125. The van der Waals surface area contributed by atoms with Crippen LogP contribution < -0.4 is 0 Å². The first-order valence-corrected chi connectivity index (χ1v) is 6.24. The molecule has 0 fully saturated rings. The number of ether oxygens (including phenoxy) is 1. The molecule has 0 saturated heterocycles. The van der Waals surface area contributed by atoms with Crippen LogP contribution in [0, 0.1) is 0 Å². The molecule has 0 amide bonds. The third kappa shape index (κ3) is 1.51. The quantitative estimate of drug-likeness (QED) is 0.564. The molecule has 0 spiro atoms. The van der Waals surface area contributed by atoms with Crippen molar-refractivity contribution >= 4 is 21.8 Å². The summed E-state index contributed by atoms with van der Waals surface area (Å²) in [4.78, 5) is 22.3. The second-order valence-electron chi connectivity index (χ2n) is 3.29. The van der Waals surface area contributed by atoms with Crippen molar-refractivity contribution in [2.45, 2.75) is 11.8 Å². The van der Waals surface area contributed by atoms with Crippen LogP contribution >= 0.6 is 0 Å². The summed E-state index contributed by atoms with van der Waals surface area (Å²) in [5, 5.41) is 0. The van der Waals surface area contributed by atoms with Crippen molar-refractivity contribution in [1.29, 1.82) is 0 Å². The van der Waals surface area contributed by atoms with Gasteiger partial charge >= 0.3 is 11.9 Å². The summed E-state index contributed by atoms with van der Waals surface area (Å²) < 4.78 is 27.5. The third-order valence-electron chi connectivity index (χ3n) is 2.36. The van der Waals surface area contributed by atoms with Crippen LogP contribution in [0.5, 0.6) is 0 Å². The predicted octanol–water partition coefficient (Wildman–Crippen LogP) is 0.791. The molecule has 1 aliphatic rings. The van der Waals surface area contributed by atoms with E-state index in [2.05, 4.69) is 4.74 Å². The van der Waals surface area contributed by atoms with E-state index in [0.717, 1.165) is 0 Å². The maximum atomic E-state index is 11.6. The van der Waals surface area contributed by atoms with Crippen molar-refractivity contribution < 1.29 is 22.7 Å². The van der Waals surface area contributed by atoms with Gasteiger partial charge in [-0.3, -0.25) is 0 Å². The summed E-state index contributed by atoms with van der Waals surface area (Å²) >= 11 is 0. The number of cyclic esters (lactones) is 2. The van der Waals surface area contributed by atoms with Gasteiger partial charge in [0.15, 0.2) is 9.84 Å². The molecule has 0 saturated carbocycles. The highest BCUT2D eigenvalue weighted by Crippen LogP contribution is 2.23. The topological polar surface area (TPSA) is 77.5 Å². The molecule has 5 nitrogen and oxygen atoms in total. The van der Waals surface area contributed by atoms with E-state index < -0.39 is 21.8 Å². The molecule has 6 heteroatoms. The summed E-state index contributed by atoms with van der Waals surface area (Å²) in [7, 11) is -3.38. The molecule has 84 valence electrons. The van der Waals surface area contributed by atoms with Gasteiger partial charge in [-0.05, 0) is 18.2 Å². The van der Waals surface area contributed by atoms with E-state index in [0.29, 0.717) is 0 Å². The van der Waals surface area contributed by atoms with Gasteiger partial charge in [0.2, 0.25) is 0 Å². The van der Waals surface area contributed by atoms with Crippen molar-refractivity contribution in [3.63, 3.8) is 0 Å². The van der Waals surface area contributed by atoms with E-state index in [9.17, 15) is 18.0 Å². The molecule has 0 bridgehead atoms. The number of rotatable bonds is 2. The fraction of sp³-hybridized carbons (Fsp3) is 0.200. The highest BCUT2D eigenvalue weighted by Gasteiger charge is 2.30. The Morgan fingerprint density at radius 2 is 1.75 bits per heavy atom. The van der Waals surface area contributed by atoms with Crippen molar-refractivity contribution in [2.24, 2.45) is 0 Å². The Morgan fingerprint density at radius 3 is 2.38 bits per heavy atom. The number of sulfone groups is 1. The lowest BCUT2D eigenvalue weighted by molar-refractivity contribution is 0.0443. The minimum atomic E-state index is -3.38. The first-order chi connectivity index (χ1) is 7.45. The number of carbonyl (C=O) groups is 2. The van der Waals surface area contributed by atoms with Gasteiger partial charge in [-0.2, -0.15) is 0 Å². The lowest BCUT2D eigenvalue weighted by Gasteiger charge is -2.01. The van der Waals surface area contributed by atoms with Gasteiger partial charge in [0.05, 0.1) is 21.8 Å². The minimum absolute atomic E-state index is 0.0134. The van der Waals surface area contributed by atoms with Gasteiger partial charge in [-0.15, -0.1) is 0 Å². The third-order valence-corrected chi connectivity index (χ3v) is 4.09. The van der Waals surface area contributed by atoms with Crippen molar-refractivity contribution in [2.75, 3.05) is 5.75 Å². The zero-order valence-electron chi connectivity index (χ0n) is 8.39. The molecule has 0 N–H and O–H groups in total. The van der Waals surface area contributed by atoms with Gasteiger partial charge in [0, 0.05) is 0 Å². The number of hydrogen-bond donors (Lipinski definition) is 0. The molecule has 16 heavy (non-hydrogen) atoms. The zero-order chi connectivity index (χ0) is 11.9. The van der Waals surface area contributed by atoms with E-state index in [1.54, 1.807) is 0 Å². The van der Waals surface area contributed by atoms with E-state index in [1.807, 2.05) is 0 Å². The number of fused-ring (bicyclic) bond motifs is 1. The van der Waals surface area contributed by atoms with Crippen LogP contribution in [-0.2, 0) is 14.6 Å². The van der Waals surface area contributed by atoms with Crippen molar-refractivity contribution in [3.05, 3.63) is 29.3 Å². The largest absolute Gasteiger partial charge is 0.386 e. The second-order valence-corrected chi connectivity index (χ2v) is 5.57. The van der Waals surface area contributed by atoms with Crippen molar-refractivity contribution in [1.82, 2.24) is 0 Å². The van der Waals surface area contributed by atoms with Crippen LogP contribution in [0.3, 0.4) is 0 Å². The lowest BCUT2D eigenvalue weighted by Crippen LogP contribution is -2.05. The molecule has 1 aliphatic heterocycles. The number of hydrogen-bond acceptors (Lipinski definition) is 5. The number of benzene rings is 1. The normalized spacial score (nSPS) is 14.8. The summed E-state index contributed by atoms with van der Waals surface area (Å²) in [6.45, 7) is 1.51. The maximum Gasteiger partial charge on any atom is 0.346 e. The Morgan fingerprint density at radius 1 is 1.12 bits per heavy atom. The van der Waals surface area contributed by atoms with Crippen LogP contribution in [0.4, 0.5) is 0 Å². The Hall–Kier alpha value is -1.69. The summed E-state index contributed by atoms with van der Waals surface area (Å²) in [6, 6.07) is 3.78.